The Kier molecular flexibility index (Phi) is 6.84. The molecule has 0 saturated carbocycles. The number of carbonyl (C=O) groups excluding carboxylic acids is 3. The van der Waals surface area contributed by atoms with Crippen LogP contribution in [0, 0.1) is 0 Å². The molecule has 3 rings (SSSR count). The first-order valence-corrected chi connectivity index (χ1v) is 9.93. The zero-order valence-electron chi connectivity index (χ0n) is 15.2. The van der Waals surface area contributed by atoms with E-state index in [0.29, 0.717) is 22.4 Å². The largest absolute Gasteiger partial charge is 0.489 e. The van der Waals surface area contributed by atoms with E-state index in [1.54, 1.807) is 42.5 Å². The molecule has 1 aliphatic heterocycles. The van der Waals surface area contributed by atoms with Crippen LogP contribution in [0.25, 0.3) is 6.08 Å². The number of thioether (sulfide) groups is 1. The minimum Gasteiger partial charge on any atom is -0.489 e. The third kappa shape index (κ3) is 5.32. The smallest absolute Gasteiger partial charge is 0.325 e. The van der Waals surface area contributed by atoms with Crippen LogP contribution in [0.4, 0.5) is 4.79 Å². The molecule has 9 heteroatoms. The first-order valence-electron chi connectivity index (χ1n) is 8.36. The number of amides is 2. The number of esters is 1. The van der Waals surface area contributed by atoms with E-state index >= 15 is 0 Å². The predicted molar refractivity (Wildman–Crippen MR) is 112 cm³/mol. The fraction of sp³-hybridized carbons (Fsp3) is 0.150. The summed E-state index contributed by atoms with van der Waals surface area (Å²) in [5.41, 5.74) is 1.60. The molecule has 1 aliphatic rings. The highest BCUT2D eigenvalue weighted by molar-refractivity contribution is 8.18. The average molecular weight is 452 g/mol. The Bertz CT molecular complexity index is 991. The zero-order valence-corrected chi connectivity index (χ0v) is 17.5. The molecule has 0 bridgehead atoms. The molecule has 0 N–H and O–H groups in total. The molecule has 0 atom stereocenters. The van der Waals surface area contributed by atoms with Gasteiger partial charge in [0, 0.05) is 0 Å². The Labute approximate surface area is 181 Å². The van der Waals surface area contributed by atoms with Gasteiger partial charge in [-0.15, -0.1) is 0 Å². The van der Waals surface area contributed by atoms with Crippen LogP contribution in [0.1, 0.15) is 11.1 Å². The number of nitrogens with zero attached hydrogens (tertiary/aromatic N) is 1. The van der Waals surface area contributed by atoms with Crippen molar-refractivity contribution in [1.82, 2.24) is 4.90 Å². The van der Waals surface area contributed by atoms with Gasteiger partial charge in [-0.3, -0.25) is 19.3 Å². The summed E-state index contributed by atoms with van der Waals surface area (Å²) in [7, 11) is 1.20. The average Bonchev–Trinajstić information content (AvgIpc) is 2.97. The SMILES string of the molecule is COC(=O)CN1C(=O)S/C(=C/c2ccc(OCc3ccc(Cl)c(Cl)c3)cc2)C1=O. The molecule has 2 aromatic carbocycles. The Morgan fingerprint density at radius 3 is 2.48 bits per heavy atom. The number of methoxy groups -OCH3 is 1. The van der Waals surface area contributed by atoms with E-state index in [2.05, 4.69) is 4.74 Å². The van der Waals surface area contributed by atoms with Crippen LogP contribution >= 0.6 is 35.0 Å². The van der Waals surface area contributed by atoms with Gasteiger partial charge in [0.2, 0.25) is 0 Å². The van der Waals surface area contributed by atoms with Crippen molar-refractivity contribution in [3.63, 3.8) is 0 Å². The van der Waals surface area contributed by atoms with Gasteiger partial charge in [0.15, 0.2) is 0 Å². The lowest BCUT2D eigenvalue weighted by Gasteiger charge is -2.09. The van der Waals surface area contributed by atoms with E-state index in [0.717, 1.165) is 27.8 Å². The normalized spacial score (nSPS) is 15.1. The number of ether oxygens (including phenoxy) is 2. The van der Waals surface area contributed by atoms with Crippen molar-refractivity contribution in [2.75, 3.05) is 13.7 Å². The second-order valence-electron chi connectivity index (χ2n) is 5.95. The number of hydrogen-bond acceptors (Lipinski definition) is 6. The van der Waals surface area contributed by atoms with Gasteiger partial charge < -0.3 is 9.47 Å². The van der Waals surface area contributed by atoms with Gasteiger partial charge in [-0.1, -0.05) is 41.4 Å². The summed E-state index contributed by atoms with van der Waals surface area (Å²) in [5.74, 6) is -0.547. The highest BCUT2D eigenvalue weighted by Gasteiger charge is 2.36. The highest BCUT2D eigenvalue weighted by atomic mass is 35.5. The molecule has 1 heterocycles. The van der Waals surface area contributed by atoms with Crippen molar-refractivity contribution in [1.29, 1.82) is 0 Å². The molecule has 0 unspecified atom stereocenters. The summed E-state index contributed by atoms with van der Waals surface area (Å²) < 4.78 is 10.2. The molecule has 0 radical (unpaired) electrons. The van der Waals surface area contributed by atoms with Crippen LogP contribution in [-0.4, -0.2) is 35.7 Å². The molecule has 29 heavy (non-hydrogen) atoms. The van der Waals surface area contributed by atoms with Crippen LogP contribution in [0.2, 0.25) is 10.0 Å². The molecule has 0 aromatic heterocycles. The Hall–Kier alpha value is -2.48. The lowest BCUT2D eigenvalue weighted by Crippen LogP contribution is -2.34. The lowest BCUT2D eigenvalue weighted by atomic mass is 10.2. The molecule has 2 amide bonds. The zero-order chi connectivity index (χ0) is 21.0. The number of halogens is 2. The van der Waals surface area contributed by atoms with Gasteiger partial charge in [0.1, 0.15) is 18.9 Å². The number of hydrogen-bond donors (Lipinski definition) is 0. The van der Waals surface area contributed by atoms with Gasteiger partial charge in [0.05, 0.1) is 22.1 Å². The van der Waals surface area contributed by atoms with Gasteiger partial charge in [-0.2, -0.15) is 0 Å². The molecule has 1 fully saturated rings. The fourth-order valence-electron chi connectivity index (χ4n) is 2.44. The van der Waals surface area contributed by atoms with Crippen molar-refractivity contribution in [3.05, 3.63) is 68.5 Å². The van der Waals surface area contributed by atoms with Crippen LogP contribution in [-0.2, 0) is 20.9 Å². The van der Waals surface area contributed by atoms with Crippen LogP contribution in [0.5, 0.6) is 5.75 Å². The van der Waals surface area contributed by atoms with E-state index in [9.17, 15) is 14.4 Å². The van der Waals surface area contributed by atoms with Crippen molar-refractivity contribution >= 4 is 58.2 Å². The number of carbonyl (C=O) groups is 3. The summed E-state index contributed by atoms with van der Waals surface area (Å²) >= 11 is 12.7. The summed E-state index contributed by atoms with van der Waals surface area (Å²) in [4.78, 5) is 36.7. The Morgan fingerprint density at radius 1 is 1.10 bits per heavy atom. The quantitative estimate of drug-likeness (QED) is 0.464. The molecular formula is C20H15Cl2NO5S. The van der Waals surface area contributed by atoms with Gasteiger partial charge in [-0.25, -0.2) is 0 Å². The highest BCUT2D eigenvalue weighted by Crippen LogP contribution is 2.32. The van der Waals surface area contributed by atoms with Crippen LogP contribution < -0.4 is 4.74 Å². The van der Waals surface area contributed by atoms with Crippen molar-refractivity contribution in [3.8, 4) is 5.75 Å². The summed E-state index contributed by atoms with van der Waals surface area (Å²) in [5, 5.41) is 0.438. The standard InChI is InChI=1S/C20H15Cl2NO5S/c1-27-18(24)10-23-19(25)17(29-20(23)26)9-12-2-5-14(6-3-12)28-11-13-4-7-15(21)16(22)8-13/h2-9H,10-11H2,1H3/b17-9+. The summed E-state index contributed by atoms with van der Waals surface area (Å²) in [6, 6.07) is 12.3. The fourth-order valence-corrected chi connectivity index (χ4v) is 3.60. The second kappa shape index (κ2) is 9.35. The van der Waals surface area contributed by atoms with Crippen molar-refractivity contribution in [2.45, 2.75) is 6.61 Å². The van der Waals surface area contributed by atoms with E-state index in [-0.39, 0.29) is 4.91 Å². The third-order valence-corrected chi connectivity index (χ3v) is 5.60. The number of imide groups is 1. The van der Waals surface area contributed by atoms with Gasteiger partial charge in [-0.05, 0) is 53.2 Å². The van der Waals surface area contributed by atoms with E-state index in [1.165, 1.54) is 7.11 Å². The monoisotopic (exact) mass is 451 g/mol. The third-order valence-electron chi connectivity index (χ3n) is 3.96. The minimum atomic E-state index is -0.656. The second-order valence-corrected chi connectivity index (χ2v) is 7.76. The lowest BCUT2D eigenvalue weighted by molar-refractivity contribution is -0.143. The molecule has 1 saturated heterocycles. The molecule has 6 nitrogen and oxygen atoms in total. The van der Waals surface area contributed by atoms with E-state index in [1.807, 2.05) is 6.07 Å². The molecule has 0 aliphatic carbocycles. The molecule has 2 aromatic rings. The number of rotatable bonds is 6. The predicted octanol–water partition coefficient (Wildman–Crippen LogP) is 4.78. The van der Waals surface area contributed by atoms with E-state index in [4.69, 9.17) is 27.9 Å². The molecule has 0 spiro atoms. The Balaban J connectivity index is 1.64. The molecule has 150 valence electrons. The summed E-state index contributed by atoms with van der Waals surface area (Å²) in [6.07, 6.45) is 1.59. The minimum absolute atomic E-state index is 0.239. The van der Waals surface area contributed by atoms with Gasteiger partial charge >= 0.3 is 5.97 Å². The van der Waals surface area contributed by atoms with Crippen molar-refractivity contribution in [2.24, 2.45) is 0 Å². The van der Waals surface area contributed by atoms with Gasteiger partial charge in [0.25, 0.3) is 11.1 Å². The topological polar surface area (TPSA) is 72.9 Å². The van der Waals surface area contributed by atoms with Crippen LogP contribution in [0.15, 0.2) is 47.4 Å². The van der Waals surface area contributed by atoms with Crippen LogP contribution in [0.3, 0.4) is 0 Å². The van der Waals surface area contributed by atoms with E-state index < -0.39 is 23.7 Å². The Morgan fingerprint density at radius 2 is 1.83 bits per heavy atom. The van der Waals surface area contributed by atoms with Crippen molar-refractivity contribution < 1.29 is 23.9 Å². The summed E-state index contributed by atoms with van der Waals surface area (Å²) in [6.45, 7) is -0.0807. The maximum Gasteiger partial charge on any atom is 0.325 e. The molecular weight excluding hydrogens is 437 g/mol. The number of benzene rings is 2. The first-order chi connectivity index (χ1) is 13.9. The first kappa shape index (κ1) is 21.2. The maximum atomic E-state index is 12.3. The maximum absolute atomic E-state index is 12.3.